The fourth-order valence-corrected chi connectivity index (χ4v) is 1.27. The van der Waals surface area contributed by atoms with E-state index in [-0.39, 0.29) is 5.92 Å². The molecule has 0 radical (unpaired) electrons. The molecule has 0 aliphatic rings. The lowest BCUT2D eigenvalue weighted by Crippen LogP contribution is -2.04. The quantitative estimate of drug-likeness (QED) is 0.749. The second-order valence-electron chi connectivity index (χ2n) is 3.24. The molecule has 1 aromatic rings. The van der Waals surface area contributed by atoms with Crippen molar-refractivity contribution in [3.05, 3.63) is 34.9 Å². The molecule has 2 heteroatoms. The van der Waals surface area contributed by atoms with Gasteiger partial charge < -0.3 is 5.11 Å². The Morgan fingerprint density at radius 2 is 2.00 bits per heavy atom. The highest BCUT2D eigenvalue weighted by atomic mass is 35.5. The van der Waals surface area contributed by atoms with Crippen LogP contribution in [0.2, 0.25) is 5.02 Å². The molecule has 0 saturated carbocycles. The fraction of sp³-hybridized carbons (Fsp3) is 0.400. The Balaban J connectivity index is 2.88. The zero-order valence-corrected chi connectivity index (χ0v) is 8.05. The Kier molecular flexibility index (Phi) is 3.12. The molecule has 0 aliphatic carbocycles. The molecule has 1 nitrogen and oxygen atoms in total. The van der Waals surface area contributed by atoms with Gasteiger partial charge in [0.25, 0.3) is 0 Å². The van der Waals surface area contributed by atoms with E-state index in [1.54, 1.807) is 12.1 Å². The van der Waals surface area contributed by atoms with E-state index in [1.165, 1.54) is 0 Å². The van der Waals surface area contributed by atoms with Crippen molar-refractivity contribution in [2.24, 2.45) is 5.92 Å². The van der Waals surface area contributed by atoms with Crippen LogP contribution in [0.4, 0.5) is 0 Å². The third kappa shape index (κ3) is 2.23. The van der Waals surface area contributed by atoms with Crippen molar-refractivity contribution >= 4 is 11.6 Å². The molecule has 0 spiro atoms. The third-order valence-electron chi connectivity index (χ3n) is 1.82. The summed E-state index contributed by atoms with van der Waals surface area (Å²) in [4.78, 5) is 0. The topological polar surface area (TPSA) is 20.2 Å². The van der Waals surface area contributed by atoms with E-state index in [0.717, 1.165) is 5.56 Å². The number of aliphatic hydroxyl groups excluding tert-OH is 1. The van der Waals surface area contributed by atoms with Crippen LogP contribution >= 0.6 is 11.6 Å². The maximum Gasteiger partial charge on any atom is 0.0813 e. The predicted molar refractivity (Wildman–Crippen MR) is 51.2 cm³/mol. The zero-order valence-electron chi connectivity index (χ0n) is 7.29. The normalized spacial score (nSPS) is 13.4. The molecule has 0 bridgehead atoms. The fourth-order valence-electron chi connectivity index (χ4n) is 1.08. The predicted octanol–water partition coefficient (Wildman–Crippen LogP) is 3.03. The molecule has 66 valence electrons. The van der Waals surface area contributed by atoms with Crippen molar-refractivity contribution in [1.82, 2.24) is 0 Å². The largest absolute Gasteiger partial charge is 0.388 e. The molecular weight excluding hydrogens is 172 g/mol. The average molecular weight is 185 g/mol. The van der Waals surface area contributed by atoms with Crippen LogP contribution < -0.4 is 0 Å². The Labute approximate surface area is 78.0 Å². The van der Waals surface area contributed by atoms with Gasteiger partial charge in [-0.2, -0.15) is 0 Å². The van der Waals surface area contributed by atoms with E-state index >= 15 is 0 Å². The Hall–Kier alpha value is -0.530. The van der Waals surface area contributed by atoms with Gasteiger partial charge in [0, 0.05) is 5.02 Å². The summed E-state index contributed by atoms with van der Waals surface area (Å²) >= 11 is 5.78. The minimum Gasteiger partial charge on any atom is -0.388 e. The summed E-state index contributed by atoms with van der Waals surface area (Å²) in [5.41, 5.74) is 0.887. The standard InChI is InChI=1S/C10H13ClO/c1-7(2)10(12)8-4-3-5-9(11)6-8/h3-7,10,12H,1-2H3/t10-/m1/s1. The molecule has 1 aromatic carbocycles. The lowest BCUT2D eigenvalue weighted by atomic mass is 9.99. The van der Waals surface area contributed by atoms with Crippen LogP contribution in [-0.2, 0) is 0 Å². The van der Waals surface area contributed by atoms with E-state index in [2.05, 4.69) is 0 Å². The number of hydrogen-bond acceptors (Lipinski definition) is 1. The molecule has 1 N–H and O–H groups in total. The first-order valence-electron chi connectivity index (χ1n) is 4.05. The van der Waals surface area contributed by atoms with Gasteiger partial charge in [-0.05, 0) is 23.6 Å². The average Bonchev–Trinajstić information content (AvgIpc) is 2.03. The zero-order chi connectivity index (χ0) is 9.14. The van der Waals surface area contributed by atoms with Gasteiger partial charge in [0.05, 0.1) is 6.10 Å². The lowest BCUT2D eigenvalue weighted by Gasteiger charge is -2.14. The van der Waals surface area contributed by atoms with Gasteiger partial charge in [0.2, 0.25) is 0 Å². The first kappa shape index (κ1) is 9.56. The highest BCUT2D eigenvalue weighted by Gasteiger charge is 2.11. The van der Waals surface area contributed by atoms with Crippen molar-refractivity contribution in [2.45, 2.75) is 20.0 Å². The molecule has 0 unspecified atom stereocenters. The van der Waals surface area contributed by atoms with Crippen LogP contribution in [0.25, 0.3) is 0 Å². The highest BCUT2D eigenvalue weighted by molar-refractivity contribution is 6.30. The van der Waals surface area contributed by atoms with Crippen LogP contribution in [0, 0.1) is 5.92 Å². The van der Waals surface area contributed by atoms with Gasteiger partial charge in [-0.15, -0.1) is 0 Å². The van der Waals surface area contributed by atoms with Gasteiger partial charge in [-0.25, -0.2) is 0 Å². The first-order valence-corrected chi connectivity index (χ1v) is 4.42. The summed E-state index contributed by atoms with van der Waals surface area (Å²) in [7, 11) is 0. The highest BCUT2D eigenvalue weighted by Crippen LogP contribution is 2.23. The number of rotatable bonds is 2. The Morgan fingerprint density at radius 3 is 2.50 bits per heavy atom. The van der Waals surface area contributed by atoms with Crippen molar-refractivity contribution < 1.29 is 5.11 Å². The summed E-state index contributed by atoms with van der Waals surface area (Å²) in [6, 6.07) is 7.34. The summed E-state index contributed by atoms with van der Waals surface area (Å²) in [6.07, 6.45) is -0.413. The SMILES string of the molecule is CC(C)[C@@H](O)c1cccc(Cl)c1. The molecule has 12 heavy (non-hydrogen) atoms. The Bertz CT molecular complexity index is 258. The smallest absolute Gasteiger partial charge is 0.0813 e. The molecule has 0 heterocycles. The van der Waals surface area contributed by atoms with Crippen molar-refractivity contribution in [3.63, 3.8) is 0 Å². The molecule has 0 fully saturated rings. The molecule has 0 aliphatic heterocycles. The van der Waals surface area contributed by atoms with Crippen molar-refractivity contribution in [2.75, 3.05) is 0 Å². The first-order chi connectivity index (χ1) is 5.61. The molecule has 0 amide bonds. The van der Waals surface area contributed by atoms with E-state index in [1.807, 2.05) is 26.0 Å². The van der Waals surface area contributed by atoms with Crippen LogP contribution in [0.1, 0.15) is 25.5 Å². The van der Waals surface area contributed by atoms with E-state index in [4.69, 9.17) is 11.6 Å². The molecule has 0 saturated heterocycles. The maximum absolute atomic E-state index is 9.66. The van der Waals surface area contributed by atoms with Gasteiger partial charge in [-0.3, -0.25) is 0 Å². The van der Waals surface area contributed by atoms with Gasteiger partial charge in [0.15, 0.2) is 0 Å². The van der Waals surface area contributed by atoms with Crippen LogP contribution in [0.5, 0.6) is 0 Å². The minimum absolute atomic E-state index is 0.225. The molecule has 1 rings (SSSR count). The second-order valence-corrected chi connectivity index (χ2v) is 3.68. The third-order valence-corrected chi connectivity index (χ3v) is 2.06. The number of benzene rings is 1. The lowest BCUT2D eigenvalue weighted by molar-refractivity contribution is 0.127. The molecular formula is C10H13ClO. The Morgan fingerprint density at radius 1 is 1.33 bits per heavy atom. The van der Waals surface area contributed by atoms with E-state index in [0.29, 0.717) is 5.02 Å². The molecule has 0 aromatic heterocycles. The number of aliphatic hydroxyl groups is 1. The summed E-state index contributed by atoms with van der Waals surface area (Å²) in [5.74, 6) is 0.225. The van der Waals surface area contributed by atoms with Gasteiger partial charge >= 0.3 is 0 Å². The minimum atomic E-state index is -0.413. The second kappa shape index (κ2) is 3.92. The van der Waals surface area contributed by atoms with E-state index in [9.17, 15) is 5.11 Å². The summed E-state index contributed by atoms with van der Waals surface area (Å²) in [5, 5.41) is 10.3. The van der Waals surface area contributed by atoms with Crippen LogP contribution in [0.3, 0.4) is 0 Å². The van der Waals surface area contributed by atoms with Crippen molar-refractivity contribution in [1.29, 1.82) is 0 Å². The number of hydrogen-bond donors (Lipinski definition) is 1. The van der Waals surface area contributed by atoms with Crippen molar-refractivity contribution in [3.8, 4) is 0 Å². The van der Waals surface area contributed by atoms with E-state index < -0.39 is 6.10 Å². The number of halogens is 1. The van der Waals surface area contributed by atoms with Gasteiger partial charge in [-0.1, -0.05) is 37.6 Å². The summed E-state index contributed by atoms with van der Waals surface area (Å²) in [6.45, 7) is 3.96. The van der Waals surface area contributed by atoms with Crippen LogP contribution in [-0.4, -0.2) is 5.11 Å². The van der Waals surface area contributed by atoms with Crippen LogP contribution in [0.15, 0.2) is 24.3 Å². The molecule has 1 atom stereocenters. The monoisotopic (exact) mass is 184 g/mol. The summed E-state index contributed by atoms with van der Waals surface area (Å²) < 4.78 is 0. The maximum atomic E-state index is 9.66. The van der Waals surface area contributed by atoms with Gasteiger partial charge in [0.1, 0.15) is 0 Å².